The SMILES string of the molecule is CC1(c2cccs2)NC(=O)N(CC(=O)N2CCN(S(=O)(=O)c3ccccc3)CC2)C1=O. The fraction of sp³-hybridized carbons (Fsp3) is 0.350. The van der Waals surface area contributed by atoms with Crippen LogP contribution >= 0.6 is 11.3 Å². The molecule has 2 aliphatic rings. The summed E-state index contributed by atoms with van der Waals surface area (Å²) in [5.74, 6) is -0.866. The highest BCUT2D eigenvalue weighted by atomic mass is 32.2. The Labute approximate surface area is 184 Å². The third-order valence-electron chi connectivity index (χ3n) is 5.55. The molecule has 2 fully saturated rings. The first-order valence-electron chi connectivity index (χ1n) is 9.74. The Kier molecular flexibility index (Phi) is 5.58. The zero-order valence-electron chi connectivity index (χ0n) is 16.9. The smallest absolute Gasteiger partial charge is 0.325 e. The molecule has 9 nitrogen and oxygen atoms in total. The summed E-state index contributed by atoms with van der Waals surface area (Å²) in [7, 11) is -3.62. The van der Waals surface area contributed by atoms with Gasteiger partial charge in [-0.25, -0.2) is 13.2 Å². The number of rotatable bonds is 5. The van der Waals surface area contributed by atoms with Crippen LogP contribution in [-0.4, -0.2) is 73.1 Å². The average Bonchev–Trinajstić information content (AvgIpc) is 3.39. The van der Waals surface area contributed by atoms with Gasteiger partial charge in [0, 0.05) is 31.1 Å². The van der Waals surface area contributed by atoms with E-state index in [0.717, 1.165) is 4.90 Å². The standard InChI is InChI=1S/C20H22N4O5S2/c1-20(16-8-5-13-30-16)18(26)24(19(27)21-20)14-17(25)22-9-11-23(12-10-22)31(28,29)15-6-3-2-4-7-15/h2-8,13H,9-12,14H2,1H3,(H,21,27). The number of nitrogens with zero attached hydrogens (tertiary/aromatic N) is 3. The van der Waals surface area contributed by atoms with Gasteiger partial charge in [-0.15, -0.1) is 11.3 Å². The molecule has 1 atom stereocenters. The number of thiophene rings is 1. The summed E-state index contributed by atoms with van der Waals surface area (Å²) < 4.78 is 26.8. The zero-order valence-corrected chi connectivity index (χ0v) is 18.5. The van der Waals surface area contributed by atoms with Crippen LogP contribution in [0.15, 0.2) is 52.7 Å². The predicted octanol–water partition coefficient (Wildman–Crippen LogP) is 1.05. The van der Waals surface area contributed by atoms with Crippen molar-refractivity contribution in [3.63, 3.8) is 0 Å². The van der Waals surface area contributed by atoms with Gasteiger partial charge in [0.1, 0.15) is 6.54 Å². The molecule has 0 spiro atoms. The summed E-state index contributed by atoms with van der Waals surface area (Å²) in [6.07, 6.45) is 0. The molecule has 0 radical (unpaired) electrons. The number of hydrogen-bond donors (Lipinski definition) is 1. The topological polar surface area (TPSA) is 107 Å². The maximum Gasteiger partial charge on any atom is 0.325 e. The van der Waals surface area contributed by atoms with Gasteiger partial charge in [0.15, 0.2) is 5.54 Å². The third kappa shape index (κ3) is 3.84. The summed E-state index contributed by atoms with van der Waals surface area (Å²) >= 11 is 1.35. The fourth-order valence-corrected chi connectivity index (χ4v) is 6.00. The zero-order chi connectivity index (χ0) is 22.2. The van der Waals surface area contributed by atoms with E-state index in [0.29, 0.717) is 4.88 Å². The molecule has 11 heteroatoms. The number of amides is 4. The van der Waals surface area contributed by atoms with Gasteiger partial charge in [-0.05, 0) is 30.5 Å². The van der Waals surface area contributed by atoms with Crippen molar-refractivity contribution in [3.8, 4) is 0 Å². The Bertz CT molecular complexity index is 1100. The highest BCUT2D eigenvalue weighted by Crippen LogP contribution is 2.31. The lowest BCUT2D eigenvalue weighted by Crippen LogP contribution is -2.53. The second kappa shape index (κ2) is 8.06. The van der Waals surface area contributed by atoms with Gasteiger partial charge in [-0.1, -0.05) is 24.3 Å². The monoisotopic (exact) mass is 462 g/mol. The van der Waals surface area contributed by atoms with Crippen LogP contribution in [0.2, 0.25) is 0 Å². The summed E-state index contributed by atoms with van der Waals surface area (Å²) in [4.78, 5) is 41.4. The number of urea groups is 1. The molecular weight excluding hydrogens is 440 g/mol. The van der Waals surface area contributed by atoms with Gasteiger partial charge >= 0.3 is 6.03 Å². The van der Waals surface area contributed by atoms with E-state index in [1.54, 1.807) is 37.3 Å². The van der Waals surface area contributed by atoms with E-state index in [4.69, 9.17) is 0 Å². The van der Waals surface area contributed by atoms with E-state index in [-0.39, 0.29) is 37.6 Å². The lowest BCUT2D eigenvalue weighted by atomic mass is 10.0. The molecule has 1 aromatic carbocycles. The maximum atomic E-state index is 12.9. The van der Waals surface area contributed by atoms with Crippen LogP contribution in [0, 0.1) is 0 Å². The number of benzene rings is 1. The van der Waals surface area contributed by atoms with Crippen molar-refractivity contribution in [1.82, 2.24) is 19.4 Å². The van der Waals surface area contributed by atoms with E-state index < -0.39 is 33.4 Å². The molecule has 0 bridgehead atoms. The molecule has 164 valence electrons. The summed E-state index contributed by atoms with van der Waals surface area (Å²) in [5, 5.41) is 4.49. The number of sulfonamides is 1. The van der Waals surface area contributed by atoms with Crippen LogP contribution in [-0.2, 0) is 25.2 Å². The minimum absolute atomic E-state index is 0.149. The van der Waals surface area contributed by atoms with Crippen molar-refractivity contribution in [2.75, 3.05) is 32.7 Å². The lowest BCUT2D eigenvalue weighted by Gasteiger charge is -2.34. The molecule has 1 unspecified atom stereocenters. The summed E-state index contributed by atoms with van der Waals surface area (Å²) in [6, 6.07) is 11.1. The molecule has 4 rings (SSSR count). The summed E-state index contributed by atoms with van der Waals surface area (Å²) in [6.45, 7) is 1.92. The Balaban J connectivity index is 1.39. The molecule has 1 N–H and O–H groups in total. The average molecular weight is 463 g/mol. The first kappa shape index (κ1) is 21.5. The largest absolute Gasteiger partial charge is 0.338 e. The molecule has 2 aliphatic heterocycles. The molecule has 4 amide bonds. The number of carbonyl (C=O) groups is 3. The van der Waals surface area contributed by atoms with Crippen molar-refractivity contribution in [3.05, 3.63) is 52.7 Å². The van der Waals surface area contributed by atoms with Gasteiger partial charge in [0.05, 0.1) is 4.90 Å². The number of carbonyl (C=O) groups excluding carboxylic acids is 3. The first-order chi connectivity index (χ1) is 14.7. The third-order valence-corrected chi connectivity index (χ3v) is 8.56. The number of piperazine rings is 1. The van der Waals surface area contributed by atoms with Crippen molar-refractivity contribution in [1.29, 1.82) is 0 Å². The second-order valence-corrected chi connectivity index (χ2v) is 10.4. The van der Waals surface area contributed by atoms with Crippen LogP contribution in [0.3, 0.4) is 0 Å². The van der Waals surface area contributed by atoms with Crippen LogP contribution in [0.5, 0.6) is 0 Å². The molecule has 1 aromatic heterocycles. The highest BCUT2D eigenvalue weighted by molar-refractivity contribution is 7.89. The quantitative estimate of drug-likeness (QED) is 0.669. The number of hydrogen-bond acceptors (Lipinski definition) is 6. The van der Waals surface area contributed by atoms with Gasteiger partial charge in [0.2, 0.25) is 15.9 Å². The number of nitrogens with one attached hydrogen (secondary N) is 1. The molecule has 0 aliphatic carbocycles. The van der Waals surface area contributed by atoms with Gasteiger partial charge < -0.3 is 10.2 Å². The van der Waals surface area contributed by atoms with Gasteiger partial charge in [0.25, 0.3) is 5.91 Å². The predicted molar refractivity (Wildman–Crippen MR) is 114 cm³/mol. The highest BCUT2D eigenvalue weighted by Gasteiger charge is 2.50. The lowest BCUT2D eigenvalue weighted by molar-refractivity contribution is -0.139. The molecule has 31 heavy (non-hydrogen) atoms. The minimum Gasteiger partial charge on any atom is -0.338 e. The normalized spacial score (nSPS) is 22.6. The first-order valence-corrected chi connectivity index (χ1v) is 12.1. The molecule has 2 aromatic rings. The van der Waals surface area contributed by atoms with Crippen molar-refractivity contribution < 1.29 is 22.8 Å². The van der Waals surface area contributed by atoms with Crippen molar-refractivity contribution >= 4 is 39.2 Å². The molecule has 3 heterocycles. The van der Waals surface area contributed by atoms with Gasteiger partial charge in [-0.2, -0.15) is 4.31 Å². The Hall–Kier alpha value is -2.76. The second-order valence-electron chi connectivity index (χ2n) is 7.52. The van der Waals surface area contributed by atoms with Crippen molar-refractivity contribution in [2.45, 2.75) is 17.4 Å². The van der Waals surface area contributed by atoms with Crippen LogP contribution in [0.25, 0.3) is 0 Å². The number of imide groups is 1. The van der Waals surface area contributed by atoms with Crippen LogP contribution in [0.4, 0.5) is 4.79 Å². The van der Waals surface area contributed by atoms with E-state index in [1.165, 1.54) is 32.7 Å². The van der Waals surface area contributed by atoms with Crippen LogP contribution in [0.1, 0.15) is 11.8 Å². The van der Waals surface area contributed by atoms with Crippen LogP contribution < -0.4 is 5.32 Å². The van der Waals surface area contributed by atoms with E-state index in [2.05, 4.69) is 5.32 Å². The molecule has 0 saturated carbocycles. The molecule has 2 saturated heterocycles. The van der Waals surface area contributed by atoms with Crippen molar-refractivity contribution in [2.24, 2.45) is 0 Å². The van der Waals surface area contributed by atoms with E-state index in [1.807, 2.05) is 5.38 Å². The minimum atomic E-state index is -3.62. The Morgan fingerprint density at radius 2 is 1.74 bits per heavy atom. The molecular formula is C20H22N4O5S2. The maximum absolute atomic E-state index is 12.9. The Morgan fingerprint density at radius 3 is 2.35 bits per heavy atom. The Morgan fingerprint density at radius 1 is 1.06 bits per heavy atom. The van der Waals surface area contributed by atoms with E-state index in [9.17, 15) is 22.8 Å². The fourth-order valence-electron chi connectivity index (χ4n) is 3.73. The van der Waals surface area contributed by atoms with E-state index >= 15 is 0 Å². The van der Waals surface area contributed by atoms with Gasteiger partial charge in [-0.3, -0.25) is 14.5 Å². The summed E-state index contributed by atoms with van der Waals surface area (Å²) in [5.41, 5.74) is -1.19.